The van der Waals surface area contributed by atoms with Gasteiger partial charge in [-0.2, -0.15) is 0 Å². The zero-order valence-electron chi connectivity index (χ0n) is 24.7. The summed E-state index contributed by atoms with van der Waals surface area (Å²) in [6, 6.07) is 14.8. The van der Waals surface area contributed by atoms with Gasteiger partial charge in [-0.25, -0.2) is 0 Å². The first-order valence-corrected chi connectivity index (χ1v) is 15.9. The van der Waals surface area contributed by atoms with Gasteiger partial charge in [0.2, 0.25) is 0 Å². The van der Waals surface area contributed by atoms with Gasteiger partial charge in [-0.3, -0.25) is 0 Å². The maximum atomic E-state index is 2.73. The van der Waals surface area contributed by atoms with E-state index in [1.54, 1.807) is 11.1 Å². The van der Waals surface area contributed by atoms with Gasteiger partial charge < -0.3 is 0 Å². The van der Waals surface area contributed by atoms with Crippen molar-refractivity contribution in [3.8, 4) is 0 Å². The van der Waals surface area contributed by atoms with Gasteiger partial charge in [-0.15, -0.1) is 0 Å². The molecule has 0 saturated heterocycles. The molecule has 4 saturated carbocycles. The molecule has 8 atom stereocenters. The van der Waals surface area contributed by atoms with Crippen LogP contribution in [0.4, 0.5) is 0 Å². The molecule has 0 heterocycles. The molecule has 8 unspecified atom stereocenters. The molecule has 0 N–H and O–H groups in total. The molecule has 37 heavy (non-hydrogen) atoms. The molecule has 0 bridgehead atoms. The third-order valence-corrected chi connectivity index (χ3v) is 12.2. The lowest BCUT2D eigenvalue weighted by Gasteiger charge is -2.48. The van der Waals surface area contributed by atoms with Gasteiger partial charge in [0.15, 0.2) is 0 Å². The molecule has 2 aromatic rings. The molecule has 0 heteroatoms. The van der Waals surface area contributed by atoms with Gasteiger partial charge in [-0.05, 0) is 143 Å². The summed E-state index contributed by atoms with van der Waals surface area (Å²) >= 11 is 0. The molecule has 0 nitrogen and oxygen atoms in total. The normalized spacial score (nSPS) is 35.8. The van der Waals surface area contributed by atoms with Crippen molar-refractivity contribution in [1.82, 2.24) is 0 Å². The Bertz CT molecular complexity index is 993. The van der Waals surface area contributed by atoms with Crippen LogP contribution in [0.25, 0.3) is 0 Å². The van der Waals surface area contributed by atoms with Crippen LogP contribution in [-0.2, 0) is 0 Å². The summed E-state index contributed by atoms with van der Waals surface area (Å²) in [6.07, 6.45) is 14.6. The molecule has 4 aliphatic rings. The Kier molecular flexibility index (Phi) is 6.86. The van der Waals surface area contributed by atoms with E-state index in [-0.39, 0.29) is 0 Å². The van der Waals surface area contributed by atoms with Crippen LogP contribution in [0.1, 0.15) is 123 Å². The summed E-state index contributed by atoms with van der Waals surface area (Å²) in [4.78, 5) is 0. The van der Waals surface area contributed by atoms with Gasteiger partial charge in [0.25, 0.3) is 0 Å². The summed E-state index contributed by atoms with van der Waals surface area (Å²) < 4.78 is 0. The van der Waals surface area contributed by atoms with Crippen molar-refractivity contribution in [2.24, 2.45) is 40.9 Å². The maximum Gasteiger partial charge on any atom is -0.0131 e. The Morgan fingerprint density at radius 2 is 0.838 bits per heavy atom. The fourth-order valence-electron chi connectivity index (χ4n) is 11.0. The summed E-state index contributed by atoms with van der Waals surface area (Å²) in [5, 5.41) is 0. The SMILES string of the molecule is Cc1cc(C)cc(C2CCCC3C2CCC3C(C)(C)C2CCC3C(c4cc(C)cc(C)c4)CCCC32)c1. The Morgan fingerprint density at radius 3 is 1.22 bits per heavy atom. The number of hydrogen-bond donors (Lipinski definition) is 0. The lowest BCUT2D eigenvalue weighted by molar-refractivity contribution is 0.0205. The fourth-order valence-corrected chi connectivity index (χ4v) is 11.0. The Hall–Kier alpha value is -1.56. The predicted octanol–water partition coefficient (Wildman–Crippen LogP) is 10.5. The highest BCUT2D eigenvalue weighted by molar-refractivity contribution is 5.33. The first-order chi connectivity index (χ1) is 17.7. The van der Waals surface area contributed by atoms with Crippen LogP contribution in [0.3, 0.4) is 0 Å². The summed E-state index contributed by atoms with van der Waals surface area (Å²) in [5.41, 5.74) is 9.64. The molecule has 0 amide bonds. The zero-order chi connectivity index (χ0) is 25.9. The van der Waals surface area contributed by atoms with Crippen molar-refractivity contribution in [2.75, 3.05) is 0 Å². The van der Waals surface area contributed by atoms with E-state index in [0.717, 1.165) is 47.3 Å². The second kappa shape index (κ2) is 9.88. The molecular formula is C37H52. The Morgan fingerprint density at radius 1 is 0.459 bits per heavy atom. The van der Waals surface area contributed by atoms with Crippen LogP contribution in [-0.4, -0.2) is 0 Å². The van der Waals surface area contributed by atoms with Crippen LogP contribution >= 0.6 is 0 Å². The van der Waals surface area contributed by atoms with Crippen LogP contribution in [0, 0.1) is 68.6 Å². The molecule has 4 aliphatic carbocycles. The third-order valence-electron chi connectivity index (χ3n) is 12.2. The quantitative estimate of drug-likeness (QED) is 0.395. The van der Waals surface area contributed by atoms with Gasteiger partial charge in [0.05, 0.1) is 0 Å². The largest absolute Gasteiger partial charge is 0.0594 e. The van der Waals surface area contributed by atoms with Crippen molar-refractivity contribution in [3.63, 3.8) is 0 Å². The zero-order valence-corrected chi connectivity index (χ0v) is 24.7. The van der Waals surface area contributed by atoms with Crippen LogP contribution in [0.2, 0.25) is 0 Å². The van der Waals surface area contributed by atoms with Crippen LogP contribution < -0.4 is 0 Å². The minimum atomic E-state index is 0.480. The Balaban J connectivity index is 1.23. The van der Waals surface area contributed by atoms with Gasteiger partial charge in [-0.1, -0.05) is 85.3 Å². The number of benzene rings is 2. The van der Waals surface area contributed by atoms with E-state index >= 15 is 0 Å². The molecule has 200 valence electrons. The summed E-state index contributed by atoms with van der Waals surface area (Å²) in [5.74, 6) is 7.21. The first-order valence-electron chi connectivity index (χ1n) is 15.9. The lowest BCUT2D eigenvalue weighted by Crippen LogP contribution is -2.41. The second-order valence-corrected chi connectivity index (χ2v) is 14.8. The topological polar surface area (TPSA) is 0 Å². The van der Waals surface area contributed by atoms with Crippen LogP contribution in [0.15, 0.2) is 36.4 Å². The average molecular weight is 497 g/mol. The van der Waals surface area contributed by atoms with Crippen molar-refractivity contribution in [2.45, 2.75) is 118 Å². The Labute approximate surface area is 228 Å². The van der Waals surface area contributed by atoms with E-state index in [0.29, 0.717) is 5.41 Å². The highest BCUT2D eigenvalue weighted by atomic mass is 14.6. The summed E-state index contributed by atoms with van der Waals surface area (Å²) in [6.45, 7) is 14.6. The molecular weight excluding hydrogens is 444 g/mol. The van der Waals surface area contributed by atoms with Crippen molar-refractivity contribution < 1.29 is 0 Å². The van der Waals surface area contributed by atoms with Crippen molar-refractivity contribution in [1.29, 1.82) is 0 Å². The fraction of sp³-hybridized carbons (Fsp3) is 0.676. The van der Waals surface area contributed by atoms with Gasteiger partial charge >= 0.3 is 0 Å². The average Bonchev–Trinajstić information content (AvgIpc) is 3.48. The predicted molar refractivity (Wildman–Crippen MR) is 158 cm³/mol. The molecule has 4 fully saturated rings. The molecule has 0 spiro atoms. The maximum absolute atomic E-state index is 2.73. The molecule has 0 radical (unpaired) electrons. The minimum Gasteiger partial charge on any atom is -0.0594 e. The first kappa shape index (κ1) is 25.7. The van der Waals surface area contributed by atoms with Gasteiger partial charge in [0, 0.05) is 0 Å². The number of fused-ring (bicyclic) bond motifs is 2. The smallest absolute Gasteiger partial charge is 0.0131 e. The molecule has 0 aliphatic heterocycles. The highest BCUT2D eigenvalue weighted by Crippen LogP contribution is 2.64. The van der Waals surface area contributed by atoms with Gasteiger partial charge in [0.1, 0.15) is 0 Å². The van der Waals surface area contributed by atoms with E-state index in [4.69, 9.17) is 0 Å². The number of hydrogen-bond acceptors (Lipinski definition) is 0. The summed E-state index contributed by atoms with van der Waals surface area (Å²) in [7, 11) is 0. The highest BCUT2D eigenvalue weighted by Gasteiger charge is 2.55. The van der Waals surface area contributed by atoms with E-state index in [1.165, 1.54) is 86.5 Å². The number of rotatable bonds is 4. The number of aryl methyl sites for hydroxylation is 4. The molecule has 0 aromatic heterocycles. The monoisotopic (exact) mass is 496 g/mol. The van der Waals surface area contributed by atoms with E-state index < -0.39 is 0 Å². The van der Waals surface area contributed by atoms with Crippen LogP contribution in [0.5, 0.6) is 0 Å². The molecule has 6 rings (SSSR count). The van der Waals surface area contributed by atoms with E-state index in [1.807, 2.05) is 0 Å². The third kappa shape index (κ3) is 4.63. The van der Waals surface area contributed by atoms with E-state index in [9.17, 15) is 0 Å². The standard InChI is InChI=1S/C37H52/c1-23-17-24(2)20-27(19-23)29-9-7-11-33-31(29)13-15-35(33)37(5,6)36-16-14-32-30(10-8-12-34(32)36)28-21-25(3)18-26(4)22-28/h17-22,29-36H,7-16H2,1-6H3. The van der Waals surface area contributed by atoms with Crippen molar-refractivity contribution >= 4 is 0 Å². The van der Waals surface area contributed by atoms with Crippen molar-refractivity contribution in [3.05, 3.63) is 69.8 Å². The van der Waals surface area contributed by atoms with E-state index in [2.05, 4.69) is 77.9 Å². The second-order valence-electron chi connectivity index (χ2n) is 14.8. The molecule has 2 aromatic carbocycles. The lowest BCUT2D eigenvalue weighted by atomic mass is 9.57. The minimum absolute atomic E-state index is 0.480.